The van der Waals surface area contributed by atoms with Crippen LogP contribution in [0.15, 0.2) is 18.2 Å². The van der Waals surface area contributed by atoms with Crippen LogP contribution in [-0.2, 0) is 11.3 Å². The van der Waals surface area contributed by atoms with Crippen molar-refractivity contribution in [1.82, 2.24) is 5.32 Å². The molecule has 0 radical (unpaired) electrons. The zero-order valence-electron chi connectivity index (χ0n) is 11.4. The maximum Gasteiger partial charge on any atom is 0.221 e. The van der Waals surface area contributed by atoms with Gasteiger partial charge in [-0.25, -0.2) is 0 Å². The topological polar surface area (TPSA) is 47.6 Å². The van der Waals surface area contributed by atoms with Crippen LogP contribution in [0.2, 0.25) is 0 Å². The molecule has 1 N–H and O–H groups in total. The van der Waals surface area contributed by atoms with Crippen molar-refractivity contribution in [3.8, 4) is 11.5 Å². The molecule has 0 heterocycles. The zero-order chi connectivity index (χ0) is 14.1. The van der Waals surface area contributed by atoms with E-state index in [4.69, 9.17) is 9.47 Å². The van der Waals surface area contributed by atoms with E-state index in [1.54, 1.807) is 7.11 Å². The minimum absolute atomic E-state index is 0.0149. The van der Waals surface area contributed by atoms with E-state index in [0.29, 0.717) is 36.4 Å². The van der Waals surface area contributed by atoms with Crippen molar-refractivity contribution in [3.63, 3.8) is 0 Å². The lowest BCUT2D eigenvalue weighted by Gasteiger charge is -2.15. The molecule has 0 aliphatic heterocycles. The summed E-state index contributed by atoms with van der Waals surface area (Å²) >= 11 is 3.24. The number of nitrogens with one attached hydrogen (secondary N) is 1. The van der Waals surface area contributed by atoms with E-state index >= 15 is 0 Å². The van der Waals surface area contributed by atoms with Crippen LogP contribution < -0.4 is 14.8 Å². The van der Waals surface area contributed by atoms with Crippen LogP contribution in [-0.4, -0.2) is 25.0 Å². The standard InChI is InChI=1S/C14H20BrNO3/c1-3-9-19-14-11(5-4-6-12(14)18-2)10-16-13(17)7-8-15/h4-6H,3,7-10H2,1-2H3,(H,16,17). The zero-order valence-corrected chi connectivity index (χ0v) is 13.0. The average Bonchev–Trinajstić information content (AvgIpc) is 2.43. The van der Waals surface area contributed by atoms with E-state index in [2.05, 4.69) is 21.2 Å². The summed E-state index contributed by atoms with van der Waals surface area (Å²) in [6.07, 6.45) is 1.39. The molecule has 0 aliphatic carbocycles. The highest BCUT2D eigenvalue weighted by molar-refractivity contribution is 9.09. The fourth-order valence-electron chi connectivity index (χ4n) is 1.60. The fraction of sp³-hybridized carbons (Fsp3) is 0.500. The maximum absolute atomic E-state index is 11.5. The monoisotopic (exact) mass is 329 g/mol. The molecule has 0 saturated heterocycles. The van der Waals surface area contributed by atoms with Crippen LogP contribution in [0.3, 0.4) is 0 Å². The predicted octanol–water partition coefficient (Wildman–Crippen LogP) is 2.89. The van der Waals surface area contributed by atoms with E-state index in [9.17, 15) is 4.79 Å². The summed E-state index contributed by atoms with van der Waals surface area (Å²) < 4.78 is 11.0. The maximum atomic E-state index is 11.5. The van der Waals surface area contributed by atoms with Gasteiger partial charge in [0.1, 0.15) is 0 Å². The normalized spacial score (nSPS) is 10.1. The van der Waals surface area contributed by atoms with Crippen molar-refractivity contribution in [3.05, 3.63) is 23.8 Å². The van der Waals surface area contributed by atoms with Crippen molar-refractivity contribution in [2.45, 2.75) is 26.3 Å². The van der Waals surface area contributed by atoms with E-state index in [1.165, 1.54) is 0 Å². The van der Waals surface area contributed by atoms with Gasteiger partial charge in [0.2, 0.25) is 5.91 Å². The molecule has 5 heteroatoms. The van der Waals surface area contributed by atoms with Crippen LogP contribution in [0, 0.1) is 0 Å². The number of halogens is 1. The molecule has 0 bridgehead atoms. The van der Waals surface area contributed by atoms with E-state index < -0.39 is 0 Å². The first-order valence-corrected chi connectivity index (χ1v) is 7.46. The molecular formula is C14H20BrNO3. The molecule has 0 aliphatic rings. The van der Waals surface area contributed by atoms with Crippen molar-refractivity contribution in [2.75, 3.05) is 19.0 Å². The number of carbonyl (C=O) groups excluding carboxylic acids is 1. The van der Waals surface area contributed by atoms with Gasteiger partial charge in [0.15, 0.2) is 11.5 Å². The van der Waals surface area contributed by atoms with E-state index in [-0.39, 0.29) is 5.91 Å². The van der Waals surface area contributed by atoms with Crippen molar-refractivity contribution in [1.29, 1.82) is 0 Å². The molecule has 1 aromatic rings. The van der Waals surface area contributed by atoms with Gasteiger partial charge in [-0.3, -0.25) is 4.79 Å². The predicted molar refractivity (Wildman–Crippen MR) is 79.0 cm³/mol. The molecule has 0 atom stereocenters. The SMILES string of the molecule is CCCOc1c(CNC(=O)CCBr)cccc1OC. The highest BCUT2D eigenvalue weighted by Gasteiger charge is 2.11. The second-order valence-electron chi connectivity index (χ2n) is 4.01. The minimum atomic E-state index is 0.0149. The number of ether oxygens (including phenoxy) is 2. The largest absolute Gasteiger partial charge is 0.493 e. The molecule has 4 nitrogen and oxygen atoms in total. The van der Waals surface area contributed by atoms with Gasteiger partial charge in [-0.05, 0) is 12.5 Å². The summed E-state index contributed by atoms with van der Waals surface area (Å²) in [5, 5.41) is 3.53. The number of para-hydroxylation sites is 1. The fourth-order valence-corrected chi connectivity index (χ4v) is 1.96. The lowest BCUT2D eigenvalue weighted by molar-refractivity contribution is -0.120. The highest BCUT2D eigenvalue weighted by atomic mass is 79.9. The lowest BCUT2D eigenvalue weighted by atomic mass is 10.2. The summed E-state index contributed by atoms with van der Waals surface area (Å²) in [6.45, 7) is 3.12. The Labute approximate surface area is 122 Å². The third kappa shape index (κ3) is 5.11. The lowest BCUT2D eigenvalue weighted by Crippen LogP contribution is -2.23. The van der Waals surface area contributed by atoms with Crippen molar-refractivity contribution < 1.29 is 14.3 Å². The first-order chi connectivity index (χ1) is 9.22. The van der Waals surface area contributed by atoms with Crippen LogP contribution in [0.5, 0.6) is 11.5 Å². The van der Waals surface area contributed by atoms with Crippen molar-refractivity contribution in [2.24, 2.45) is 0 Å². The average molecular weight is 330 g/mol. The molecule has 0 unspecified atom stereocenters. The molecule has 0 saturated carbocycles. The molecule has 0 spiro atoms. The van der Waals surface area contributed by atoms with Gasteiger partial charge in [0, 0.05) is 23.9 Å². The van der Waals surface area contributed by atoms with Crippen LogP contribution in [0.25, 0.3) is 0 Å². The van der Waals surface area contributed by atoms with Gasteiger partial charge in [0.05, 0.1) is 13.7 Å². The van der Waals surface area contributed by atoms with E-state index in [0.717, 1.165) is 12.0 Å². The van der Waals surface area contributed by atoms with Crippen LogP contribution >= 0.6 is 15.9 Å². The number of hydrogen-bond donors (Lipinski definition) is 1. The molecule has 106 valence electrons. The number of rotatable bonds is 8. The van der Waals surface area contributed by atoms with Gasteiger partial charge in [0.25, 0.3) is 0 Å². The molecule has 1 rings (SSSR count). The number of alkyl halides is 1. The number of amides is 1. The van der Waals surface area contributed by atoms with Crippen LogP contribution in [0.1, 0.15) is 25.3 Å². The Hall–Kier alpha value is -1.23. The number of carbonyl (C=O) groups is 1. The highest BCUT2D eigenvalue weighted by Crippen LogP contribution is 2.31. The Balaban J connectivity index is 2.77. The first-order valence-electron chi connectivity index (χ1n) is 6.34. The van der Waals surface area contributed by atoms with Gasteiger partial charge in [-0.1, -0.05) is 35.0 Å². The molecular weight excluding hydrogens is 310 g/mol. The number of methoxy groups -OCH3 is 1. The second kappa shape index (κ2) is 8.80. The smallest absolute Gasteiger partial charge is 0.221 e. The Kier molecular flexibility index (Phi) is 7.33. The van der Waals surface area contributed by atoms with Gasteiger partial charge in [-0.2, -0.15) is 0 Å². The Bertz CT molecular complexity index is 410. The summed E-state index contributed by atoms with van der Waals surface area (Å²) in [5.74, 6) is 1.42. The van der Waals surface area contributed by atoms with Crippen LogP contribution in [0.4, 0.5) is 0 Å². The first kappa shape index (κ1) is 15.8. The van der Waals surface area contributed by atoms with Gasteiger partial charge < -0.3 is 14.8 Å². The van der Waals surface area contributed by atoms with Gasteiger partial charge in [-0.15, -0.1) is 0 Å². The van der Waals surface area contributed by atoms with Gasteiger partial charge >= 0.3 is 0 Å². The summed E-state index contributed by atoms with van der Waals surface area (Å²) in [7, 11) is 1.61. The third-order valence-electron chi connectivity index (χ3n) is 2.53. The number of hydrogen-bond acceptors (Lipinski definition) is 3. The summed E-state index contributed by atoms with van der Waals surface area (Å²) in [4.78, 5) is 11.5. The molecule has 0 aromatic heterocycles. The molecule has 19 heavy (non-hydrogen) atoms. The van der Waals surface area contributed by atoms with E-state index in [1.807, 2.05) is 25.1 Å². The summed E-state index contributed by atoms with van der Waals surface area (Å²) in [6, 6.07) is 5.68. The minimum Gasteiger partial charge on any atom is -0.493 e. The molecule has 1 aromatic carbocycles. The molecule has 0 fully saturated rings. The summed E-state index contributed by atoms with van der Waals surface area (Å²) in [5.41, 5.74) is 0.927. The number of benzene rings is 1. The third-order valence-corrected chi connectivity index (χ3v) is 2.92. The Morgan fingerprint density at radius 3 is 2.84 bits per heavy atom. The van der Waals surface area contributed by atoms with Crippen molar-refractivity contribution >= 4 is 21.8 Å². The second-order valence-corrected chi connectivity index (χ2v) is 4.81. The molecule has 1 amide bonds. The quantitative estimate of drug-likeness (QED) is 0.746. The Morgan fingerprint density at radius 1 is 1.42 bits per heavy atom. The Morgan fingerprint density at radius 2 is 2.21 bits per heavy atom.